The lowest BCUT2D eigenvalue weighted by Crippen LogP contribution is -2.11. The Balaban J connectivity index is 2.07. The number of aromatic nitrogens is 2. The van der Waals surface area contributed by atoms with Crippen LogP contribution in [0.15, 0.2) is 34.8 Å². The van der Waals surface area contributed by atoms with E-state index in [1.165, 1.54) is 7.11 Å². The molecule has 11 heteroatoms. The molecule has 0 spiro atoms. The molecule has 1 heterocycles. The van der Waals surface area contributed by atoms with Crippen molar-refractivity contribution in [1.29, 1.82) is 0 Å². The molecule has 0 bridgehead atoms. The number of halogens is 7. The first-order chi connectivity index (χ1) is 12.5. The summed E-state index contributed by atoms with van der Waals surface area (Å²) in [5.74, 6) is 0.395. The van der Waals surface area contributed by atoms with Crippen LogP contribution in [0.1, 0.15) is 11.1 Å². The zero-order valence-corrected chi connectivity index (χ0v) is 15.0. The number of hydrogen-bond acceptors (Lipinski definition) is 3. The molecule has 2 N–H and O–H groups in total. The van der Waals surface area contributed by atoms with Gasteiger partial charge in [0, 0.05) is 5.69 Å². The van der Waals surface area contributed by atoms with Crippen molar-refractivity contribution in [2.75, 3.05) is 12.4 Å². The quantitative estimate of drug-likeness (QED) is 0.470. The van der Waals surface area contributed by atoms with E-state index in [0.29, 0.717) is 22.0 Å². The van der Waals surface area contributed by atoms with Crippen LogP contribution in [0.5, 0.6) is 5.75 Å². The van der Waals surface area contributed by atoms with Crippen molar-refractivity contribution in [1.82, 2.24) is 9.97 Å². The second-order valence-corrected chi connectivity index (χ2v) is 6.33. The zero-order chi connectivity index (χ0) is 20.0. The average molecular weight is 454 g/mol. The molecular weight excluding hydrogens is 444 g/mol. The lowest BCUT2D eigenvalue weighted by Gasteiger charge is -2.11. The van der Waals surface area contributed by atoms with Crippen LogP contribution in [-0.2, 0) is 12.4 Å². The van der Waals surface area contributed by atoms with Crippen molar-refractivity contribution in [3.05, 3.63) is 45.9 Å². The molecule has 4 nitrogen and oxygen atoms in total. The number of hydrogen-bond donors (Lipinski definition) is 2. The Bertz CT molecular complexity index is 996. The maximum Gasteiger partial charge on any atom is 0.418 e. The first-order valence-electron chi connectivity index (χ1n) is 7.28. The van der Waals surface area contributed by atoms with Crippen molar-refractivity contribution in [2.24, 2.45) is 0 Å². The maximum absolute atomic E-state index is 13.2. The van der Waals surface area contributed by atoms with E-state index in [9.17, 15) is 26.3 Å². The van der Waals surface area contributed by atoms with Crippen LogP contribution in [0.25, 0.3) is 11.0 Å². The number of aromatic amines is 1. The lowest BCUT2D eigenvalue weighted by atomic mass is 10.1. The number of imidazole rings is 1. The van der Waals surface area contributed by atoms with Crippen molar-refractivity contribution in [3.8, 4) is 5.75 Å². The van der Waals surface area contributed by atoms with Gasteiger partial charge in [-0.15, -0.1) is 0 Å². The Morgan fingerprint density at radius 2 is 1.74 bits per heavy atom. The summed E-state index contributed by atoms with van der Waals surface area (Å²) in [7, 11) is 1.46. The number of nitrogens with one attached hydrogen (secondary N) is 2. The number of H-pyrrole nitrogens is 1. The second-order valence-electron chi connectivity index (χ2n) is 5.48. The molecule has 0 unspecified atom stereocenters. The first-order valence-corrected chi connectivity index (χ1v) is 8.07. The number of nitrogens with zero attached hydrogens (tertiary/aromatic N) is 1. The molecule has 27 heavy (non-hydrogen) atoms. The van der Waals surface area contributed by atoms with Crippen LogP contribution in [0.2, 0.25) is 0 Å². The topological polar surface area (TPSA) is 49.9 Å². The minimum atomic E-state index is -4.99. The number of anilines is 2. The van der Waals surface area contributed by atoms with Crippen LogP contribution in [0.3, 0.4) is 0 Å². The minimum absolute atomic E-state index is 0.0525. The van der Waals surface area contributed by atoms with Gasteiger partial charge in [0.1, 0.15) is 11.3 Å². The van der Waals surface area contributed by atoms with E-state index in [-0.39, 0.29) is 17.5 Å². The number of ether oxygens (including phenoxy) is 1. The van der Waals surface area contributed by atoms with Crippen LogP contribution >= 0.6 is 15.9 Å². The third-order valence-corrected chi connectivity index (χ3v) is 4.25. The molecular formula is C16H10BrF6N3O. The number of rotatable bonds is 3. The molecule has 0 aliphatic carbocycles. The van der Waals surface area contributed by atoms with Gasteiger partial charge in [0.25, 0.3) is 0 Å². The summed E-state index contributed by atoms with van der Waals surface area (Å²) in [6.45, 7) is 0. The number of methoxy groups -OCH3 is 1. The van der Waals surface area contributed by atoms with Gasteiger partial charge < -0.3 is 15.0 Å². The molecule has 0 atom stereocenters. The highest BCUT2D eigenvalue weighted by Gasteiger charge is 2.39. The highest BCUT2D eigenvalue weighted by atomic mass is 79.9. The predicted molar refractivity (Wildman–Crippen MR) is 90.1 cm³/mol. The molecule has 0 radical (unpaired) electrons. The molecule has 0 saturated heterocycles. The van der Waals surface area contributed by atoms with Gasteiger partial charge in [-0.05, 0) is 46.3 Å². The number of benzene rings is 2. The normalized spacial score (nSPS) is 12.4. The van der Waals surface area contributed by atoms with E-state index in [2.05, 4.69) is 31.2 Å². The predicted octanol–water partition coefficient (Wildman–Crippen LogP) is 6.12. The van der Waals surface area contributed by atoms with Crippen molar-refractivity contribution < 1.29 is 31.1 Å². The van der Waals surface area contributed by atoms with E-state index in [1.807, 2.05) is 0 Å². The highest BCUT2D eigenvalue weighted by Crippen LogP contribution is 2.40. The summed E-state index contributed by atoms with van der Waals surface area (Å²) in [6, 6.07) is 5.39. The maximum atomic E-state index is 13.2. The van der Waals surface area contributed by atoms with Crippen LogP contribution in [0, 0.1) is 0 Å². The highest BCUT2D eigenvalue weighted by molar-refractivity contribution is 9.10. The van der Waals surface area contributed by atoms with Gasteiger partial charge in [0.15, 0.2) is 0 Å². The first kappa shape index (κ1) is 19.3. The molecule has 0 saturated carbocycles. The van der Waals surface area contributed by atoms with Crippen molar-refractivity contribution >= 4 is 38.6 Å². The summed E-state index contributed by atoms with van der Waals surface area (Å²) < 4.78 is 84.0. The largest absolute Gasteiger partial charge is 0.496 e. The Labute approximate surface area is 156 Å². The summed E-state index contributed by atoms with van der Waals surface area (Å²) in [6.07, 6.45) is -9.91. The number of fused-ring (bicyclic) bond motifs is 1. The molecule has 0 aliphatic heterocycles. The SMILES string of the molecule is COc1ccc(Nc2nc3c(C(F)(F)F)cc(C(F)(F)F)cc3[nH]2)cc1Br. The Hall–Kier alpha value is -2.43. The smallest absolute Gasteiger partial charge is 0.418 e. The third-order valence-electron chi connectivity index (χ3n) is 3.63. The molecule has 3 aromatic rings. The Kier molecular flexibility index (Phi) is 4.74. The van der Waals surface area contributed by atoms with Gasteiger partial charge in [-0.1, -0.05) is 0 Å². The summed E-state index contributed by atoms with van der Waals surface area (Å²) >= 11 is 3.26. The van der Waals surface area contributed by atoms with E-state index >= 15 is 0 Å². The van der Waals surface area contributed by atoms with Gasteiger partial charge in [-0.2, -0.15) is 26.3 Å². The third kappa shape index (κ3) is 3.97. The fraction of sp³-hybridized carbons (Fsp3) is 0.188. The standard InChI is InChI=1S/C16H10BrF6N3O/c1-27-12-3-2-8(6-10(12)17)24-14-25-11-5-7(15(18,19)20)4-9(13(11)26-14)16(21,22)23/h2-6H,1H3,(H2,24,25,26). The molecule has 2 aromatic carbocycles. The summed E-state index contributed by atoms with van der Waals surface area (Å²) in [5, 5.41) is 2.72. The van der Waals surface area contributed by atoms with Crippen LogP contribution in [0.4, 0.5) is 38.0 Å². The molecule has 0 amide bonds. The van der Waals surface area contributed by atoms with Crippen molar-refractivity contribution in [3.63, 3.8) is 0 Å². The van der Waals surface area contributed by atoms with E-state index in [1.54, 1.807) is 18.2 Å². The monoisotopic (exact) mass is 453 g/mol. The second kappa shape index (κ2) is 6.63. The molecule has 0 fully saturated rings. The molecule has 0 aliphatic rings. The number of alkyl halides is 6. The summed E-state index contributed by atoms with van der Waals surface area (Å²) in [5.41, 5.74) is -3.43. The Morgan fingerprint density at radius 1 is 1.04 bits per heavy atom. The van der Waals surface area contributed by atoms with Gasteiger partial charge in [0.2, 0.25) is 5.95 Å². The van der Waals surface area contributed by atoms with Gasteiger partial charge >= 0.3 is 12.4 Å². The molecule has 1 aromatic heterocycles. The van der Waals surface area contributed by atoms with E-state index < -0.39 is 29.0 Å². The fourth-order valence-corrected chi connectivity index (χ4v) is 2.98. The fourth-order valence-electron chi connectivity index (χ4n) is 2.44. The van der Waals surface area contributed by atoms with E-state index in [0.717, 1.165) is 0 Å². The summed E-state index contributed by atoms with van der Waals surface area (Å²) in [4.78, 5) is 6.22. The van der Waals surface area contributed by atoms with Gasteiger partial charge in [0.05, 0.1) is 28.2 Å². The van der Waals surface area contributed by atoms with Gasteiger partial charge in [-0.3, -0.25) is 0 Å². The van der Waals surface area contributed by atoms with Crippen LogP contribution < -0.4 is 10.1 Å². The van der Waals surface area contributed by atoms with Gasteiger partial charge in [-0.25, -0.2) is 4.98 Å². The minimum Gasteiger partial charge on any atom is -0.496 e. The van der Waals surface area contributed by atoms with E-state index in [4.69, 9.17) is 4.74 Å². The lowest BCUT2D eigenvalue weighted by molar-refractivity contribution is -0.142. The van der Waals surface area contributed by atoms with Crippen LogP contribution in [-0.4, -0.2) is 17.1 Å². The zero-order valence-electron chi connectivity index (χ0n) is 13.4. The molecule has 3 rings (SSSR count). The molecule has 144 valence electrons. The van der Waals surface area contributed by atoms with Crippen molar-refractivity contribution in [2.45, 2.75) is 12.4 Å². The average Bonchev–Trinajstić information content (AvgIpc) is 2.94. The Morgan fingerprint density at radius 3 is 2.30 bits per heavy atom.